The summed E-state index contributed by atoms with van der Waals surface area (Å²) < 4.78 is 7.17. The van der Waals surface area contributed by atoms with Crippen LogP contribution in [0.2, 0.25) is 0 Å². The predicted molar refractivity (Wildman–Crippen MR) is 113 cm³/mol. The highest BCUT2D eigenvalue weighted by molar-refractivity contribution is 8.14. The van der Waals surface area contributed by atoms with E-state index in [-0.39, 0.29) is 16.6 Å². The summed E-state index contributed by atoms with van der Waals surface area (Å²) in [7, 11) is 1.53. The maximum atomic E-state index is 12.9. The Kier molecular flexibility index (Phi) is 5.53. The second-order valence-corrected chi connectivity index (χ2v) is 8.91. The molecule has 150 valence electrons. The zero-order chi connectivity index (χ0) is 19.7. The summed E-state index contributed by atoms with van der Waals surface area (Å²) in [5.74, 6) is 1.27. The third kappa shape index (κ3) is 3.60. The van der Waals surface area contributed by atoms with Gasteiger partial charge in [-0.3, -0.25) is 14.6 Å². The standard InChI is InChI=1S/C21H27N3O3S/c1-13-22-20-18(19(28-13)14-10-11-17(27-2)16(25)12-14)21(26)23-24(20)15-8-6-4-3-5-7-9-15/h10-12,15,19,25H,3-9H2,1-2H3,(H,23,26)/t19-/m0/s1. The number of nitrogens with one attached hydrogen (secondary N) is 1. The van der Waals surface area contributed by atoms with Crippen LogP contribution >= 0.6 is 11.8 Å². The minimum Gasteiger partial charge on any atom is -0.504 e. The second-order valence-electron chi connectivity index (χ2n) is 7.61. The summed E-state index contributed by atoms with van der Waals surface area (Å²) in [6.07, 6.45) is 8.36. The van der Waals surface area contributed by atoms with Crippen LogP contribution in [0.15, 0.2) is 28.0 Å². The number of ether oxygens (including phenoxy) is 1. The number of phenols is 1. The first kappa shape index (κ1) is 19.2. The van der Waals surface area contributed by atoms with Crippen LogP contribution in [0.25, 0.3) is 0 Å². The quantitative estimate of drug-likeness (QED) is 0.753. The largest absolute Gasteiger partial charge is 0.504 e. The van der Waals surface area contributed by atoms with Crippen LogP contribution in [0, 0.1) is 0 Å². The molecule has 0 unspecified atom stereocenters. The Morgan fingerprint density at radius 2 is 1.93 bits per heavy atom. The van der Waals surface area contributed by atoms with Gasteiger partial charge in [-0.25, -0.2) is 4.99 Å². The lowest BCUT2D eigenvalue weighted by atomic mass is 9.96. The lowest BCUT2D eigenvalue weighted by molar-refractivity contribution is 0.349. The number of nitrogens with zero attached hydrogens (tertiary/aromatic N) is 2. The molecule has 0 bridgehead atoms. The molecule has 7 heteroatoms. The number of aromatic nitrogens is 2. The maximum Gasteiger partial charge on any atom is 0.271 e. The van der Waals surface area contributed by atoms with Crippen molar-refractivity contribution in [3.8, 4) is 11.5 Å². The highest BCUT2D eigenvalue weighted by Gasteiger charge is 2.32. The molecule has 1 aliphatic heterocycles. The summed E-state index contributed by atoms with van der Waals surface area (Å²) in [5.41, 5.74) is 1.48. The van der Waals surface area contributed by atoms with E-state index in [0.717, 1.165) is 29.3 Å². The average molecular weight is 402 g/mol. The number of thioether (sulfide) groups is 1. The van der Waals surface area contributed by atoms with Crippen molar-refractivity contribution in [1.29, 1.82) is 0 Å². The first-order valence-electron chi connectivity index (χ1n) is 10.0. The average Bonchev–Trinajstić information content (AvgIpc) is 2.97. The van der Waals surface area contributed by atoms with Crippen LogP contribution in [-0.4, -0.2) is 27.0 Å². The Balaban J connectivity index is 1.75. The molecule has 1 fully saturated rings. The first-order valence-corrected chi connectivity index (χ1v) is 10.9. The Labute approximate surface area is 169 Å². The van der Waals surface area contributed by atoms with E-state index < -0.39 is 0 Å². The minimum absolute atomic E-state index is 0.0817. The Morgan fingerprint density at radius 1 is 1.21 bits per heavy atom. The number of phenolic OH excluding ortho intramolecular Hbond substituents is 1. The molecular formula is C21H27N3O3S. The van der Waals surface area contributed by atoms with E-state index in [0.29, 0.717) is 17.4 Å². The van der Waals surface area contributed by atoms with Gasteiger partial charge in [0, 0.05) is 0 Å². The van der Waals surface area contributed by atoms with Gasteiger partial charge in [-0.1, -0.05) is 49.9 Å². The highest BCUT2D eigenvalue weighted by atomic mass is 32.2. The van der Waals surface area contributed by atoms with Crippen LogP contribution in [0.1, 0.15) is 74.3 Å². The third-order valence-electron chi connectivity index (χ3n) is 5.70. The van der Waals surface area contributed by atoms with Crippen LogP contribution in [0.5, 0.6) is 11.5 Å². The molecule has 4 rings (SSSR count). The van der Waals surface area contributed by atoms with Gasteiger partial charge in [0.2, 0.25) is 0 Å². The van der Waals surface area contributed by atoms with E-state index in [4.69, 9.17) is 9.73 Å². The van der Waals surface area contributed by atoms with Gasteiger partial charge >= 0.3 is 0 Å². The number of benzene rings is 1. The van der Waals surface area contributed by atoms with Gasteiger partial charge in [-0.15, -0.1) is 0 Å². The van der Waals surface area contributed by atoms with E-state index >= 15 is 0 Å². The lowest BCUT2D eigenvalue weighted by Gasteiger charge is -2.25. The fourth-order valence-corrected chi connectivity index (χ4v) is 5.36. The van der Waals surface area contributed by atoms with Gasteiger partial charge in [0.1, 0.15) is 0 Å². The van der Waals surface area contributed by atoms with Crippen LogP contribution in [0.4, 0.5) is 5.82 Å². The van der Waals surface area contributed by atoms with Crippen molar-refractivity contribution < 1.29 is 9.84 Å². The lowest BCUT2D eigenvalue weighted by Crippen LogP contribution is -2.15. The number of fused-ring (bicyclic) bond motifs is 1. The van der Waals surface area contributed by atoms with Gasteiger partial charge in [0.25, 0.3) is 5.56 Å². The summed E-state index contributed by atoms with van der Waals surface area (Å²) in [5, 5.41) is 14.0. The number of rotatable bonds is 3. The Bertz CT molecular complexity index is 939. The van der Waals surface area contributed by atoms with Crippen molar-refractivity contribution in [3.63, 3.8) is 0 Å². The molecule has 2 heterocycles. The van der Waals surface area contributed by atoms with Gasteiger partial charge in [-0.05, 0) is 37.5 Å². The normalized spacial score (nSPS) is 20.8. The summed E-state index contributed by atoms with van der Waals surface area (Å²) in [6.45, 7) is 1.98. The zero-order valence-corrected chi connectivity index (χ0v) is 17.2. The number of aromatic amines is 1. The van der Waals surface area contributed by atoms with E-state index in [1.807, 2.05) is 17.7 Å². The molecule has 2 aliphatic rings. The highest BCUT2D eigenvalue weighted by Crippen LogP contribution is 2.46. The molecule has 0 saturated heterocycles. The fraction of sp³-hybridized carbons (Fsp3) is 0.524. The molecule has 1 aromatic heterocycles. The number of hydrogen-bond donors (Lipinski definition) is 2. The SMILES string of the molecule is COc1ccc([C@@H]2SC(C)=Nc3c2c(=O)[nH]n3C2CCCCCCC2)cc1O. The van der Waals surface area contributed by atoms with Crippen LogP contribution in [-0.2, 0) is 0 Å². The molecule has 6 nitrogen and oxygen atoms in total. The molecule has 1 saturated carbocycles. The van der Waals surface area contributed by atoms with Crippen molar-refractivity contribution in [2.24, 2.45) is 4.99 Å². The third-order valence-corrected chi connectivity index (χ3v) is 6.87. The molecule has 0 spiro atoms. The summed E-state index contributed by atoms with van der Waals surface area (Å²) in [6, 6.07) is 5.63. The van der Waals surface area contributed by atoms with E-state index in [2.05, 4.69) is 5.10 Å². The van der Waals surface area contributed by atoms with E-state index in [1.54, 1.807) is 23.9 Å². The van der Waals surface area contributed by atoms with Crippen molar-refractivity contribution in [2.75, 3.05) is 7.11 Å². The van der Waals surface area contributed by atoms with Gasteiger partial charge in [0.15, 0.2) is 17.3 Å². The smallest absolute Gasteiger partial charge is 0.271 e. The van der Waals surface area contributed by atoms with Gasteiger partial charge < -0.3 is 9.84 Å². The molecule has 0 amide bonds. The molecule has 1 aromatic carbocycles. The molecule has 0 radical (unpaired) electrons. The van der Waals surface area contributed by atoms with E-state index in [1.165, 1.54) is 39.2 Å². The van der Waals surface area contributed by atoms with Crippen LogP contribution < -0.4 is 10.3 Å². The first-order chi connectivity index (χ1) is 13.6. The van der Waals surface area contributed by atoms with E-state index in [9.17, 15) is 9.90 Å². The minimum atomic E-state index is -0.192. The number of H-pyrrole nitrogens is 1. The number of hydrogen-bond acceptors (Lipinski definition) is 5. The predicted octanol–water partition coefficient (Wildman–Crippen LogP) is 5.06. The zero-order valence-electron chi connectivity index (χ0n) is 16.4. The molecule has 2 aromatic rings. The van der Waals surface area contributed by atoms with Gasteiger partial charge in [0.05, 0.1) is 29.0 Å². The van der Waals surface area contributed by atoms with Crippen molar-refractivity contribution in [2.45, 2.75) is 63.2 Å². The van der Waals surface area contributed by atoms with Gasteiger partial charge in [-0.2, -0.15) is 0 Å². The van der Waals surface area contributed by atoms with Crippen molar-refractivity contribution >= 4 is 22.6 Å². The molecule has 1 aliphatic carbocycles. The fourth-order valence-electron chi connectivity index (χ4n) is 4.27. The number of aliphatic imine (C=N–C) groups is 1. The molecule has 1 atom stereocenters. The summed E-state index contributed by atoms with van der Waals surface area (Å²) in [4.78, 5) is 17.7. The Hall–Kier alpha value is -2.15. The maximum absolute atomic E-state index is 12.9. The van der Waals surface area contributed by atoms with Crippen LogP contribution in [0.3, 0.4) is 0 Å². The number of aromatic hydroxyl groups is 1. The topological polar surface area (TPSA) is 79.6 Å². The Morgan fingerprint density at radius 3 is 2.61 bits per heavy atom. The molecule has 2 N–H and O–H groups in total. The number of methoxy groups -OCH3 is 1. The molecule has 28 heavy (non-hydrogen) atoms. The molecular weight excluding hydrogens is 374 g/mol. The van der Waals surface area contributed by atoms with Crippen molar-refractivity contribution in [1.82, 2.24) is 9.78 Å². The van der Waals surface area contributed by atoms with Crippen molar-refractivity contribution in [3.05, 3.63) is 39.7 Å². The second kappa shape index (κ2) is 8.07. The summed E-state index contributed by atoms with van der Waals surface area (Å²) >= 11 is 1.55. The monoisotopic (exact) mass is 401 g/mol.